The normalized spacial score (nSPS) is 12.8. The number of nitrogens with zero attached hydrogens (tertiary/aromatic N) is 3. The first kappa shape index (κ1) is 14.7. The van der Waals surface area contributed by atoms with Gasteiger partial charge in [-0.1, -0.05) is 30.0 Å². The van der Waals surface area contributed by atoms with E-state index in [1.54, 1.807) is 17.8 Å². The Kier molecular flexibility index (Phi) is 3.66. The first-order valence-corrected chi connectivity index (χ1v) is 8.35. The van der Waals surface area contributed by atoms with Crippen LogP contribution in [0.2, 0.25) is 0 Å². The van der Waals surface area contributed by atoms with Gasteiger partial charge in [0.2, 0.25) is 0 Å². The minimum absolute atomic E-state index is 0.0662. The Morgan fingerprint density at radius 3 is 3.04 bits per heavy atom. The number of thioether (sulfide) groups is 1. The molecule has 0 saturated carbocycles. The fourth-order valence-electron chi connectivity index (χ4n) is 2.53. The van der Waals surface area contributed by atoms with Crippen molar-refractivity contribution >= 4 is 23.4 Å². The summed E-state index contributed by atoms with van der Waals surface area (Å²) in [5.41, 5.74) is 1.97. The maximum atomic E-state index is 12.3. The van der Waals surface area contributed by atoms with E-state index in [2.05, 4.69) is 24.8 Å². The Bertz CT molecular complexity index is 957. The third-order valence-electron chi connectivity index (χ3n) is 3.67. The van der Waals surface area contributed by atoms with Crippen molar-refractivity contribution in [3.05, 3.63) is 58.9 Å². The van der Waals surface area contributed by atoms with Crippen LogP contribution in [-0.2, 0) is 6.54 Å². The van der Waals surface area contributed by atoms with E-state index in [9.17, 15) is 9.59 Å². The zero-order valence-corrected chi connectivity index (χ0v) is 13.3. The van der Waals surface area contributed by atoms with Gasteiger partial charge in [-0.25, -0.2) is 9.97 Å². The van der Waals surface area contributed by atoms with Crippen molar-refractivity contribution in [2.24, 2.45) is 0 Å². The molecule has 0 atom stereocenters. The molecule has 1 amide bonds. The lowest BCUT2D eigenvalue weighted by Gasteiger charge is -2.09. The zero-order valence-electron chi connectivity index (χ0n) is 12.5. The number of para-hydroxylation sites is 1. The number of amides is 1. The van der Waals surface area contributed by atoms with Crippen LogP contribution in [0.5, 0.6) is 0 Å². The monoisotopic (exact) mass is 339 g/mol. The van der Waals surface area contributed by atoms with Gasteiger partial charge in [-0.15, -0.1) is 0 Å². The van der Waals surface area contributed by atoms with E-state index >= 15 is 0 Å². The largest absolute Gasteiger partial charge is 0.325 e. The molecule has 8 heteroatoms. The molecule has 24 heavy (non-hydrogen) atoms. The number of carbonyl (C=O) groups excluding carboxylic acids is 1. The maximum absolute atomic E-state index is 12.3. The van der Waals surface area contributed by atoms with Gasteiger partial charge in [0.15, 0.2) is 5.16 Å². The number of aryl methyl sites for hydroxylation is 1. The smallest absolute Gasteiger partial charge is 0.274 e. The van der Waals surface area contributed by atoms with E-state index in [-0.39, 0.29) is 11.3 Å². The SMILES string of the molecule is O=C(Nc1ccccc1-c1cn2c(n1)SCC2)c1cc(=O)[nH]cn1. The van der Waals surface area contributed by atoms with Crippen LogP contribution in [0.15, 0.2) is 52.8 Å². The Labute approximate surface area is 141 Å². The molecule has 0 saturated heterocycles. The second-order valence-electron chi connectivity index (χ2n) is 5.25. The molecule has 120 valence electrons. The molecule has 4 rings (SSSR count). The van der Waals surface area contributed by atoms with Crippen LogP contribution in [0.4, 0.5) is 5.69 Å². The van der Waals surface area contributed by atoms with Crippen LogP contribution >= 0.6 is 11.8 Å². The van der Waals surface area contributed by atoms with Gasteiger partial charge in [0, 0.05) is 30.1 Å². The number of hydrogen-bond acceptors (Lipinski definition) is 5. The molecule has 0 spiro atoms. The van der Waals surface area contributed by atoms with E-state index < -0.39 is 5.91 Å². The number of hydrogen-bond donors (Lipinski definition) is 2. The molecule has 2 aromatic heterocycles. The van der Waals surface area contributed by atoms with Gasteiger partial charge < -0.3 is 14.9 Å². The minimum atomic E-state index is -0.435. The quantitative estimate of drug-likeness (QED) is 0.761. The molecule has 3 aromatic rings. The topological polar surface area (TPSA) is 92.7 Å². The summed E-state index contributed by atoms with van der Waals surface area (Å²) >= 11 is 1.72. The molecular weight excluding hydrogens is 326 g/mol. The molecule has 0 radical (unpaired) electrons. The van der Waals surface area contributed by atoms with Crippen molar-refractivity contribution in [2.45, 2.75) is 11.7 Å². The number of carbonyl (C=O) groups is 1. The lowest BCUT2D eigenvalue weighted by atomic mass is 10.1. The van der Waals surface area contributed by atoms with Crippen molar-refractivity contribution in [1.82, 2.24) is 19.5 Å². The molecule has 1 aliphatic rings. The Morgan fingerprint density at radius 1 is 1.33 bits per heavy atom. The standard InChI is InChI=1S/C16H13N5O2S/c22-14-7-12(17-9-18-14)15(23)19-11-4-2-1-3-10(11)13-8-21-5-6-24-16(21)20-13/h1-4,7-9H,5-6H2,(H,19,23)(H,17,18,22). The average molecular weight is 339 g/mol. The third kappa shape index (κ3) is 2.71. The molecule has 2 N–H and O–H groups in total. The maximum Gasteiger partial charge on any atom is 0.274 e. The number of aromatic nitrogens is 4. The van der Waals surface area contributed by atoms with Crippen molar-refractivity contribution in [3.63, 3.8) is 0 Å². The summed E-state index contributed by atoms with van der Waals surface area (Å²) in [5, 5.41) is 3.80. The van der Waals surface area contributed by atoms with Gasteiger partial charge in [-0.05, 0) is 6.07 Å². The van der Waals surface area contributed by atoms with E-state index in [4.69, 9.17) is 0 Å². The van der Waals surface area contributed by atoms with Crippen molar-refractivity contribution in [2.75, 3.05) is 11.1 Å². The van der Waals surface area contributed by atoms with Gasteiger partial charge in [-0.3, -0.25) is 9.59 Å². The van der Waals surface area contributed by atoms with Crippen LogP contribution in [0, 0.1) is 0 Å². The lowest BCUT2D eigenvalue weighted by Crippen LogP contribution is -2.18. The highest BCUT2D eigenvalue weighted by Crippen LogP contribution is 2.32. The van der Waals surface area contributed by atoms with Gasteiger partial charge in [-0.2, -0.15) is 0 Å². The number of fused-ring (bicyclic) bond motifs is 1. The number of H-pyrrole nitrogens is 1. The third-order valence-corrected chi connectivity index (χ3v) is 4.64. The summed E-state index contributed by atoms with van der Waals surface area (Å²) in [6, 6.07) is 8.61. The van der Waals surface area contributed by atoms with E-state index in [1.807, 2.05) is 24.4 Å². The van der Waals surface area contributed by atoms with Gasteiger partial charge in [0.25, 0.3) is 11.5 Å². The van der Waals surface area contributed by atoms with Crippen molar-refractivity contribution in [1.29, 1.82) is 0 Å². The summed E-state index contributed by atoms with van der Waals surface area (Å²) in [5.74, 6) is 0.601. The van der Waals surface area contributed by atoms with E-state index in [0.29, 0.717) is 5.69 Å². The Morgan fingerprint density at radius 2 is 2.21 bits per heavy atom. The molecule has 3 heterocycles. The predicted octanol–water partition coefficient (Wildman–Crippen LogP) is 1.99. The predicted molar refractivity (Wildman–Crippen MR) is 91.2 cm³/mol. The highest BCUT2D eigenvalue weighted by Gasteiger charge is 2.18. The van der Waals surface area contributed by atoms with Crippen molar-refractivity contribution < 1.29 is 4.79 Å². The van der Waals surface area contributed by atoms with Gasteiger partial charge >= 0.3 is 0 Å². The van der Waals surface area contributed by atoms with Crippen LogP contribution < -0.4 is 10.9 Å². The fourth-order valence-corrected chi connectivity index (χ4v) is 3.48. The molecule has 1 aromatic carbocycles. The summed E-state index contributed by atoms with van der Waals surface area (Å²) in [4.78, 5) is 34.6. The Hall–Kier alpha value is -2.87. The van der Waals surface area contributed by atoms with E-state index in [0.717, 1.165) is 28.7 Å². The van der Waals surface area contributed by atoms with Crippen LogP contribution in [0.25, 0.3) is 11.3 Å². The second-order valence-corrected chi connectivity index (χ2v) is 6.31. The van der Waals surface area contributed by atoms with Crippen LogP contribution in [0.3, 0.4) is 0 Å². The molecule has 0 unspecified atom stereocenters. The minimum Gasteiger partial charge on any atom is -0.325 e. The number of nitrogens with one attached hydrogen (secondary N) is 2. The number of imidazole rings is 1. The van der Waals surface area contributed by atoms with Crippen LogP contribution in [-0.4, -0.2) is 31.2 Å². The molecular formula is C16H13N5O2S. The lowest BCUT2D eigenvalue weighted by molar-refractivity contribution is 0.102. The molecule has 0 fully saturated rings. The summed E-state index contributed by atoms with van der Waals surface area (Å²) in [7, 11) is 0. The molecule has 0 bridgehead atoms. The highest BCUT2D eigenvalue weighted by molar-refractivity contribution is 7.99. The Balaban J connectivity index is 1.66. The first-order valence-electron chi connectivity index (χ1n) is 7.36. The number of anilines is 1. The number of rotatable bonds is 3. The number of benzene rings is 1. The summed E-state index contributed by atoms with van der Waals surface area (Å²) < 4.78 is 2.11. The number of aromatic amines is 1. The van der Waals surface area contributed by atoms with Gasteiger partial charge in [0.1, 0.15) is 5.69 Å². The fraction of sp³-hybridized carbons (Fsp3) is 0.125. The highest BCUT2D eigenvalue weighted by atomic mass is 32.2. The average Bonchev–Trinajstić information content (AvgIpc) is 3.17. The van der Waals surface area contributed by atoms with Gasteiger partial charge in [0.05, 0.1) is 17.7 Å². The molecule has 7 nitrogen and oxygen atoms in total. The van der Waals surface area contributed by atoms with Crippen molar-refractivity contribution in [3.8, 4) is 11.3 Å². The first-order chi connectivity index (χ1) is 11.7. The molecule has 0 aliphatic carbocycles. The molecule has 1 aliphatic heterocycles. The second kappa shape index (κ2) is 5.97. The van der Waals surface area contributed by atoms with E-state index in [1.165, 1.54) is 12.4 Å². The summed E-state index contributed by atoms with van der Waals surface area (Å²) in [6.07, 6.45) is 3.20. The summed E-state index contributed by atoms with van der Waals surface area (Å²) in [6.45, 7) is 0.943. The zero-order chi connectivity index (χ0) is 16.5. The van der Waals surface area contributed by atoms with Crippen LogP contribution in [0.1, 0.15) is 10.5 Å².